The van der Waals surface area contributed by atoms with Gasteiger partial charge in [-0.2, -0.15) is 0 Å². The molecule has 1 aliphatic rings. The van der Waals surface area contributed by atoms with Gasteiger partial charge in [0.15, 0.2) is 5.78 Å². The number of carbonyl (C=O) groups excluding carboxylic acids is 1. The Morgan fingerprint density at radius 3 is 2.82 bits per heavy atom. The molecule has 3 heteroatoms. The number of rotatable bonds is 4. The number of nitrogens with two attached hydrogens (primary N) is 1. The molecule has 2 N–H and O–H groups in total. The average molecular weight is 233 g/mol. The topological polar surface area (TPSA) is 52.3 Å². The van der Waals surface area contributed by atoms with Crippen molar-refractivity contribution < 1.29 is 9.53 Å². The summed E-state index contributed by atoms with van der Waals surface area (Å²) in [7, 11) is 0. The van der Waals surface area contributed by atoms with Gasteiger partial charge in [0.25, 0.3) is 0 Å². The second kappa shape index (κ2) is 5.32. The molecule has 0 saturated heterocycles. The smallest absolute Gasteiger partial charge is 0.187 e. The van der Waals surface area contributed by atoms with E-state index >= 15 is 0 Å². The van der Waals surface area contributed by atoms with Crippen LogP contribution in [0.3, 0.4) is 0 Å². The fraction of sp³-hybridized carbons (Fsp3) is 0.500. The number of unbranched alkanes of at least 4 members (excludes halogenated alkanes) is 2. The van der Waals surface area contributed by atoms with Gasteiger partial charge in [-0.15, -0.1) is 0 Å². The number of ketones is 1. The van der Waals surface area contributed by atoms with Crippen molar-refractivity contribution in [2.24, 2.45) is 5.73 Å². The van der Waals surface area contributed by atoms with E-state index < -0.39 is 6.04 Å². The van der Waals surface area contributed by atoms with Crippen molar-refractivity contribution in [2.75, 3.05) is 0 Å². The Hall–Kier alpha value is -1.35. The first-order valence-corrected chi connectivity index (χ1v) is 6.29. The third kappa shape index (κ3) is 2.50. The number of para-hydroxylation sites is 1. The standard InChI is InChI=1S/C14H19NO2/c1-2-3-4-9-12-13(15)14(16)10-7-5-6-8-11(10)17-12/h5-8,12-13H,2-4,9,15H2,1H3. The lowest BCUT2D eigenvalue weighted by atomic mass is 9.93. The molecular weight excluding hydrogens is 214 g/mol. The van der Waals surface area contributed by atoms with E-state index in [1.54, 1.807) is 6.07 Å². The summed E-state index contributed by atoms with van der Waals surface area (Å²) in [5.74, 6) is 0.689. The zero-order valence-electron chi connectivity index (χ0n) is 10.2. The molecule has 0 saturated carbocycles. The molecule has 0 radical (unpaired) electrons. The molecular formula is C14H19NO2. The molecule has 0 aliphatic carbocycles. The lowest BCUT2D eigenvalue weighted by Gasteiger charge is -2.30. The molecule has 92 valence electrons. The van der Waals surface area contributed by atoms with Crippen LogP contribution in [0.4, 0.5) is 0 Å². The Labute approximate surface area is 102 Å². The van der Waals surface area contributed by atoms with Crippen LogP contribution in [0, 0.1) is 0 Å². The Bertz CT molecular complexity index is 403. The number of carbonyl (C=O) groups is 1. The van der Waals surface area contributed by atoms with E-state index in [2.05, 4.69) is 6.92 Å². The van der Waals surface area contributed by atoms with Crippen molar-refractivity contribution in [3.63, 3.8) is 0 Å². The normalized spacial score (nSPS) is 23.1. The zero-order chi connectivity index (χ0) is 12.3. The Kier molecular flexibility index (Phi) is 3.79. The van der Waals surface area contributed by atoms with Gasteiger partial charge in [0.05, 0.1) is 5.56 Å². The second-order valence-corrected chi connectivity index (χ2v) is 4.54. The predicted octanol–water partition coefficient (Wildman–Crippen LogP) is 2.54. The van der Waals surface area contributed by atoms with Gasteiger partial charge < -0.3 is 10.5 Å². The molecule has 17 heavy (non-hydrogen) atoms. The van der Waals surface area contributed by atoms with E-state index in [-0.39, 0.29) is 11.9 Å². The van der Waals surface area contributed by atoms with Gasteiger partial charge in [-0.1, -0.05) is 31.9 Å². The quantitative estimate of drug-likeness (QED) is 0.813. The van der Waals surface area contributed by atoms with Gasteiger partial charge in [-0.3, -0.25) is 4.79 Å². The lowest BCUT2D eigenvalue weighted by Crippen LogP contribution is -2.48. The monoisotopic (exact) mass is 233 g/mol. The van der Waals surface area contributed by atoms with Crippen LogP contribution in [0.25, 0.3) is 0 Å². The van der Waals surface area contributed by atoms with E-state index in [1.165, 1.54) is 0 Å². The van der Waals surface area contributed by atoms with Crippen molar-refractivity contribution in [2.45, 2.75) is 44.8 Å². The fourth-order valence-corrected chi connectivity index (χ4v) is 2.19. The van der Waals surface area contributed by atoms with Crippen molar-refractivity contribution in [1.29, 1.82) is 0 Å². The number of hydrogen-bond donors (Lipinski definition) is 1. The zero-order valence-corrected chi connectivity index (χ0v) is 10.2. The number of benzene rings is 1. The number of Topliss-reactive ketones (excluding diaryl/α,β-unsaturated/α-hetero) is 1. The maximum atomic E-state index is 12.1. The van der Waals surface area contributed by atoms with Gasteiger partial charge in [0, 0.05) is 0 Å². The predicted molar refractivity (Wildman–Crippen MR) is 67.3 cm³/mol. The van der Waals surface area contributed by atoms with Crippen LogP contribution in [0.2, 0.25) is 0 Å². The molecule has 0 amide bonds. The van der Waals surface area contributed by atoms with E-state index in [0.717, 1.165) is 25.7 Å². The van der Waals surface area contributed by atoms with E-state index in [9.17, 15) is 4.79 Å². The molecule has 1 aromatic carbocycles. The van der Waals surface area contributed by atoms with E-state index in [1.807, 2.05) is 18.2 Å². The number of ether oxygens (including phenoxy) is 1. The van der Waals surface area contributed by atoms with Crippen molar-refractivity contribution in [1.82, 2.24) is 0 Å². The maximum Gasteiger partial charge on any atom is 0.187 e. The molecule has 1 heterocycles. The van der Waals surface area contributed by atoms with Crippen LogP contribution < -0.4 is 10.5 Å². The van der Waals surface area contributed by atoms with Crippen LogP contribution in [-0.2, 0) is 0 Å². The van der Waals surface area contributed by atoms with E-state index in [4.69, 9.17) is 10.5 Å². The summed E-state index contributed by atoms with van der Waals surface area (Å²) in [4.78, 5) is 12.1. The van der Waals surface area contributed by atoms with Crippen molar-refractivity contribution in [3.8, 4) is 5.75 Å². The van der Waals surface area contributed by atoms with Crippen LogP contribution in [-0.4, -0.2) is 17.9 Å². The van der Waals surface area contributed by atoms with Crippen LogP contribution >= 0.6 is 0 Å². The Balaban J connectivity index is 2.11. The fourth-order valence-electron chi connectivity index (χ4n) is 2.19. The molecule has 3 nitrogen and oxygen atoms in total. The minimum Gasteiger partial charge on any atom is -0.488 e. The largest absolute Gasteiger partial charge is 0.488 e. The SMILES string of the molecule is CCCCCC1Oc2ccccc2C(=O)C1N. The minimum atomic E-state index is -0.512. The lowest BCUT2D eigenvalue weighted by molar-refractivity contribution is 0.0770. The summed E-state index contributed by atoms with van der Waals surface area (Å²) < 4.78 is 5.82. The summed E-state index contributed by atoms with van der Waals surface area (Å²) >= 11 is 0. The summed E-state index contributed by atoms with van der Waals surface area (Å²) in [6.45, 7) is 2.15. The van der Waals surface area contributed by atoms with Crippen LogP contribution in [0.5, 0.6) is 5.75 Å². The molecule has 0 bridgehead atoms. The van der Waals surface area contributed by atoms with Crippen LogP contribution in [0.1, 0.15) is 43.0 Å². The second-order valence-electron chi connectivity index (χ2n) is 4.54. The average Bonchev–Trinajstić information content (AvgIpc) is 2.35. The molecule has 0 fully saturated rings. The molecule has 1 aliphatic heterocycles. The van der Waals surface area contributed by atoms with Crippen molar-refractivity contribution >= 4 is 5.78 Å². The third-order valence-corrected chi connectivity index (χ3v) is 3.23. The molecule has 1 aromatic rings. The molecule has 2 rings (SSSR count). The molecule has 2 atom stereocenters. The van der Waals surface area contributed by atoms with Gasteiger partial charge in [0.1, 0.15) is 17.9 Å². The highest BCUT2D eigenvalue weighted by molar-refractivity contribution is 6.03. The van der Waals surface area contributed by atoms with Gasteiger partial charge in [-0.05, 0) is 25.0 Å². The van der Waals surface area contributed by atoms with Gasteiger partial charge in [0.2, 0.25) is 0 Å². The van der Waals surface area contributed by atoms with Gasteiger partial charge >= 0.3 is 0 Å². The van der Waals surface area contributed by atoms with Gasteiger partial charge in [-0.25, -0.2) is 0 Å². The molecule has 2 unspecified atom stereocenters. The third-order valence-electron chi connectivity index (χ3n) is 3.23. The summed E-state index contributed by atoms with van der Waals surface area (Å²) in [5, 5.41) is 0. The number of hydrogen-bond acceptors (Lipinski definition) is 3. The minimum absolute atomic E-state index is 0.00773. The summed E-state index contributed by atoms with van der Waals surface area (Å²) in [6, 6.07) is 6.82. The highest BCUT2D eigenvalue weighted by Crippen LogP contribution is 2.28. The first kappa shape index (κ1) is 12.1. The highest BCUT2D eigenvalue weighted by atomic mass is 16.5. The Morgan fingerprint density at radius 1 is 1.29 bits per heavy atom. The number of fused-ring (bicyclic) bond motifs is 1. The van der Waals surface area contributed by atoms with Crippen molar-refractivity contribution in [3.05, 3.63) is 29.8 Å². The van der Waals surface area contributed by atoms with Crippen LogP contribution in [0.15, 0.2) is 24.3 Å². The summed E-state index contributed by atoms with van der Waals surface area (Å²) in [6.07, 6.45) is 4.07. The first-order valence-electron chi connectivity index (χ1n) is 6.29. The molecule has 0 spiro atoms. The Morgan fingerprint density at radius 2 is 2.06 bits per heavy atom. The van der Waals surface area contributed by atoms with E-state index in [0.29, 0.717) is 11.3 Å². The maximum absolute atomic E-state index is 12.1. The highest BCUT2D eigenvalue weighted by Gasteiger charge is 2.33. The first-order chi connectivity index (χ1) is 8.24. The molecule has 0 aromatic heterocycles. The summed E-state index contributed by atoms with van der Waals surface area (Å²) in [5.41, 5.74) is 6.56.